The molecule has 0 N–H and O–H groups in total. The van der Waals surface area contributed by atoms with Gasteiger partial charge in [-0.1, -0.05) is 51.1 Å². The van der Waals surface area contributed by atoms with Crippen LogP contribution in [0.3, 0.4) is 0 Å². The molecule has 0 radical (unpaired) electrons. The van der Waals surface area contributed by atoms with E-state index in [9.17, 15) is 9.59 Å². The number of carbonyl (C=O) groups is 2. The Morgan fingerprint density at radius 1 is 1.16 bits per heavy atom. The molecule has 1 fully saturated rings. The Morgan fingerprint density at radius 2 is 1.84 bits per heavy atom. The van der Waals surface area contributed by atoms with E-state index in [1.165, 1.54) is 0 Å². The van der Waals surface area contributed by atoms with Crippen LogP contribution in [0.4, 0.5) is 0 Å². The predicted octanol–water partition coefficient (Wildman–Crippen LogP) is 5.75. The van der Waals surface area contributed by atoms with Crippen molar-refractivity contribution in [2.24, 2.45) is 11.3 Å². The molecule has 1 atom stereocenters. The zero-order valence-electron chi connectivity index (χ0n) is 19.6. The van der Waals surface area contributed by atoms with Gasteiger partial charge in [-0.2, -0.15) is 0 Å². The minimum absolute atomic E-state index is 0.0807. The Bertz CT molecular complexity index is 928. The van der Waals surface area contributed by atoms with Crippen molar-refractivity contribution in [3.63, 3.8) is 0 Å². The van der Waals surface area contributed by atoms with Crippen LogP contribution in [0.1, 0.15) is 65.6 Å². The third kappa shape index (κ3) is 6.65. The average molecular weight is 426 g/mol. The molecule has 168 valence electrons. The van der Waals surface area contributed by atoms with Crippen molar-refractivity contribution in [2.45, 2.75) is 66.9 Å². The summed E-state index contributed by atoms with van der Waals surface area (Å²) in [6, 6.07) is 10.1. The molecule has 5 heteroatoms. The van der Waals surface area contributed by atoms with Crippen molar-refractivity contribution < 1.29 is 19.1 Å². The van der Waals surface area contributed by atoms with Gasteiger partial charge in [0, 0.05) is 17.0 Å². The third-order valence-corrected chi connectivity index (χ3v) is 5.16. The van der Waals surface area contributed by atoms with Gasteiger partial charge in [0.05, 0.1) is 17.5 Å². The summed E-state index contributed by atoms with van der Waals surface area (Å²) in [5.41, 5.74) is 2.08. The lowest BCUT2D eigenvalue weighted by molar-refractivity contribution is -0.173. The highest BCUT2D eigenvalue weighted by atomic mass is 16.6. The number of nitrogens with zero attached hydrogens (tertiary/aromatic N) is 1. The lowest BCUT2D eigenvalue weighted by Gasteiger charge is -2.23. The monoisotopic (exact) mass is 425 g/mol. The second-order valence-electron chi connectivity index (χ2n) is 8.08. The van der Waals surface area contributed by atoms with Crippen molar-refractivity contribution in [3.05, 3.63) is 47.7 Å². The lowest BCUT2D eigenvalue weighted by atomic mass is 9.92. The Labute approximate surface area is 185 Å². The average Bonchev–Trinajstić information content (AvgIpc) is 3.62. The maximum absolute atomic E-state index is 12.7. The maximum Gasteiger partial charge on any atom is 0.347 e. The first-order chi connectivity index (χ1) is 14.8. The highest BCUT2D eigenvalue weighted by molar-refractivity contribution is 5.85. The second-order valence-corrected chi connectivity index (χ2v) is 8.08. The van der Waals surface area contributed by atoms with Crippen LogP contribution in [-0.4, -0.2) is 29.6 Å². The second kappa shape index (κ2) is 11.1. The molecule has 5 nitrogen and oxygen atoms in total. The Hall–Kier alpha value is -2.69. The highest BCUT2D eigenvalue weighted by Crippen LogP contribution is 2.36. The number of esters is 2. The van der Waals surface area contributed by atoms with Crippen molar-refractivity contribution in [1.29, 1.82) is 0 Å². The molecule has 31 heavy (non-hydrogen) atoms. The molecule has 1 aliphatic carbocycles. The van der Waals surface area contributed by atoms with E-state index in [1.54, 1.807) is 20.8 Å². The summed E-state index contributed by atoms with van der Waals surface area (Å²) in [6.07, 6.45) is 5.57. The number of fused-ring (bicyclic) bond motifs is 1. The third-order valence-electron chi connectivity index (χ3n) is 5.16. The summed E-state index contributed by atoms with van der Waals surface area (Å²) in [4.78, 5) is 29.5. The van der Waals surface area contributed by atoms with Crippen LogP contribution in [0.5, 0.6) is 0 Å². The van der Waals surface area contributed by atoms with Crippen LogP contribution in [0.2, 0.25) is 0 Å². The number of hydrogen-bond acceptors (Lipinski definition) is 5. The lowest BCUT2D eigenvalue weighted by Crippen LogP contribution is -2.36. The van der Waals surface area contributed by atoms with Crippen LogP contribution < -0.4 is 0 Å². The largest absolute Gasteiger partial charge is 0.463 e. The maximum atomic E-state index is 12.7. The van der Waals surface area contributed by atoms with Crippen LogP contribution in [-0.2, 0) is 25.5 Å². The molecule has 0 amide bonds. The number of ether oxygens (including phenoxy) is 2. The molecule has 0 spiro atoms. The van der Waals surface area contributed by atoms with Crippen molar-refractivity contribution in [3.8, 4) is 0 Å². The first-order valence-corrected chi connectivity index (χ1v) is 11.3. The van der Waals surface area contributed by atoms with E-state index >= 15 is 0 Å². The molecular formula is C26H35NO4. The Balaban J connectivity index is 0.00000166. The van der Waals surface area contributed by atoms with Gasteiger partial charge in [0.1, 0.15) is 0 Å². The molecule has 0 bridgehead atoms. The van der Waals surface area contributed by atoms with Gasteiger partial charge in [0.15, 0.2) is 0 Å². The minimum Gasteiger partial charge on any atom is -0.463 e. The minimum atomic E-state index is -0.868. The van der Waals surface area contributed by atoms with Gasteiger partial charge in [0.2, 0.25) is 6.10 Å². The van der Waals surface area contributed by atoms with E-state index in [0.29, 0.717) is 0 Å². The molecular weight excluding hydrogens is 390 g/mol. The smallest absolute Gasteiger partial charge is 0.347 e. The summed E-state index contributed by atoms with van der Waals surface area (Å²) in [5.74, 6) is -0.793. The van der Waals surface area contributed by atoms with Crippen molar-refractivity contribution in [2.75, 3.05) is 6.61 Å². The zero-order valence-corrected chi connectivity index (χ0v) is 19.6. The van der Waals surface area contributed by atoms with Crippen LogP contribution in [0, 0.1) is 11.3 Å². The summed E-state index contributed by atoms with van der Waals surface area (Å²) in [7, 11) is 0. The van der Waals surface area contributed by atoms with E-state index in [2.05, 4.69) is 18.0 Å². The van der Waals surface area contributed by atoms with Gasteiger partial charge in [-0.15, -0.1) is 0 Å². The molecule has 1 heterocycles. The van der Waals surface area contributed by atoms with Gasteiger partial charge in [-0.3, -0.25) is 9.78 Å². The van der Waals surface area contributed by atoms with E-state index < -0.39 is 23.5 Å². The highest BCUT2D eigenvalue weighted by Gasteiger charge is 2.42. The quantitative estimate of drug-likeness (QED) is 0.504. The molecule has 3 rings (SSSR count). The van der Waals surface area contributed by atoms with Gasteiger partial charge in [-0.05, 0) is 57.7 Å². The number of hydrogen-bond donors (Lipinski definition) is 0. The van der Waals surface area contributed by atoms with Crippen LogP contribution >= 0.6 is 0 Å². The van der Waals surface area contributed by atoms with Gasteiger partial charge in [0.25, 0.3) is 0 Å². The Morgan fingerprint density at radius 3 is 2.45 bits per heavy atom. The molecule has 1 aromatic carbocycles. The van der Waals surface area contributed by atoms with E-state index in [1.807, 2.05) is 50.3 Å². The normalized spacial score (nSPS) is 14.6. The van der Waals surface area contributed by atoms with E-state index in [4.69, 9.17) is 9.47 Å². The van der Waals surface area contributed by atoms with Crippen molar-refractivity contribution in [1.82, 2.24) is 4.98 Å². The topological polar surface area (TPSA) is 65.5 Å². The van der Waals surface area contributed by atoms with Crippen LogP contribution in [0.25, 0.3) is 17.0 Å². The van der Waals surface area contributed by atoms with Gasteiger partial charge >= 0.3 is 11.9 Å². The molecule has 1 aliphatic rings. The summed E-state index contributed by atoms with van der Waals surface area (Å²) in [5, 5.41) is 1.08. The molecule has 1 aromatic heterocycles. The first kappa shape index (κ1) is 24.6. The fourth-order valence-electron chi connectivity index (χ4n) is 3.08. The van der Waals surface area contributed by atoms with E-state index in [-0.39, 0.29) is 12.5 Å². The van der Waals surface area contributed by atoms with Crippen LogP contribution in [0.15, 0.2) is 36.4 Å². The molecule has 0 aliphatic heterocycles. The Kier molecular flexibility index (Phi) is 8.78. The number of rotatable bonds is 8. The standard InChI is InChI=1S/C24H29NO4.C2H6/c1-5-19-12-11-17-8-7-16(15-20(17)25-19)13-14-24(3,4)23(27)29-21(18-9-10-18)22(26)28-6-2;1-2/h7-8,11-15,18,21H,5-6,9-10H2,1-4H3;1-2H3/b14-13+;. The summed E-state index contributed by atoms with van der Waals surface area (Å²) >= 11 is 0. The number of carbonyl (C=O) groups excluding carboxylic acids is 2. The predicted molar refractivity (Wildman–Crippen MR) is 125 cm³/mol. The number of benzene rings is 1. The zero-order chi connectivity index (χ0) is 23.0. The van der Waals surface area contributed by atoms with Crippen molar-refractivity contribution >= 4 is 28.9 Å². The fourth-order valence-corrected chi connectivity index (χ4v) is 3.08. The summed E-state index contributed by atoms with van der Waals surface area (Å²) in [6.45, 7) is 11.7. The number of pyridine rings is 1. The fraction of sp³-hybridized carbons (Fsp3) is 0.500. The molecule has 1 saturated carbocycles. The molecule has 2 aromatic rings. The first-order valence-electron chi connectivity index (χ1n) is 11.3. The van der Waals surface area contributed by atoms with E-state index in [0.717, 1.165) is 41.4 Å². The molecule has 0 saturated heterocycles. The van der Waals surface area contributed by atoms with Gasteiger partial charge in [-0.25, -0.2) is 4.79 Å². The van der Waals surface area contributed by atoms with Gasteiger partial charge < -0.3 is 9.47 Å². The summed E-state index contributed by atoms with van der Waals surface area (Å²) < 4.78 is 10.6. The molecule has 1 unspecified atom stereocenters. The number of aryl methyl sites for hydroxylation is 1. The SMILES string of the molecule is CC.CCOC(=O)C(OC(=O)C(C)(C)/C=C/c1ccc2ccc(CC)nc2c1)C1CC1. The number of aromatic nitrogens is 1.